The third-order valence-electron chi connectivity index (χ3n) is 2.64. The predicted octanol–water partition coefficient (Wildman–Crippen LogP) is 2.33. The average molecular weight is 237 g/mol. The molecule has 17 heavy (non-hydrogen) atoms. The zero-order valence-corrected chi connectivity index (χ0v) is 10.6. The third kappa shape index (κ3) is 3.46. The monoisotopic (exact) mass is 237 g/mol. The number of rotatable bonds is 4. The van der Waals surface area contributed by atoms with Gasteiger partial charge >= 0.3 is 6.09 Å². The number of ether oxygens (including phenoxy) is 1. The molecule has 0 unspecified atom stereocenters. The van der Waals surface area contributed by atoms with Gasteiger partial charge in [0.2, 0.25) is 0 Å². The SMILES string of the molecule is CCN(CC)C(=O)Oc1ccc(CO)cc1C. The first-order valence-corrected chi connectivity index (χ1v) is 5.79. The molecular weight excluding hydrogens is 218 g/mol. The van der Waals surface area contributed by atoms with Gasteiger partial charge in [0, 0.05) is 13.1 Å². The molecule has 4 heteroatoms. The molecule has 0 aliphatic heterocycles. The van der Waals surface area contributed by atoms with Crippen molar-refractivity contribution in [1.29, 1.82) is 0 Å². The molecule has 0 heterocycles. The molecule has 0 fully saturated rings. The van der Waals surface area contributed by atoms with E-state index in [9.17, 15) is 4.79 Å². The summed E-state index contributed by atoms with van der Waals surface area (Å²) in [5, 5.41) is 8.98. The van der Waals surface area contributed by atoms with Gasteiger partial charge in [-0.3, -0.25) is 0 Å². The Labute approximate surface area is 102 Å². The van der Waals surface area contributed by atoms with Crippen LogP contribution >= 0.6 is 0 Å². The summed E-state index contributed by atoms with van der Waals surface area (Å²) in [6.45, 7) is 6.92. The van der Waals surface area contributed by atoms with Crippen LogP contribution in [0.25, 0.3) is 0 Å². The fourth-order valence-corrected chi connectivity index (χ4v) is 1.56. The molecule has 0 spiro atoms. The minimum atomic E-state index is -0.338. The molecule has 1 aromatic carbocycles. The minimum absolute atomic E-state index is 0.00882. The molecular formula is C13H19NO3. The fourth-order valence-electron chi connectivity index (χ4n) is 1.56. The smallest absolute Gasteiger partial charge is 0.410 e. The van der Waals surface area contributed by atoms with E-state index < -0.39 is 0 Å². The van der Waals surface area contributed by atoms with Crippen LogP contribution in [-0.4, -0.2) is 29.2 Å². The summed E-state index contributed by atoms with van der Waals surface area (Å²) in [7, 11) is 0. The molecule has 0 radical (unpaired) electrons. The van der Waals surface area contributed by atoms with Crippen molar-refractivity contribution < 1.29 is 14.6 Å². The molecule has 0 saturated carbocycles. The molecule has 0 aliphatic carbocycles. The first kappa shape index (κ1) is 13.5. The third-order valence-corrected chi connectivity index (χ3v) is 2.64. The largest absolute Gasteiger partial charge is 0.415 e. The van der Waals surface area contributed by atoms with E-state index in [4.69, 9.17) is 9.84 Å². The van der Waals surface area contributed by atoms with Gasteiger partial charge in [0.25, 0.3) is 0 Å². The van der Waals surface area contributed by atoms with Crippen LogP contribution in [0.5, 0.6) is 5.75 Å². The number of hydrogen-bond acceptors (Lipinski definition) is 3. The lowest BCUT2D eigenvalue weighted by atomic mass is 10.1. The maximum Gasteiger partial charge on any atom is 0.415 e. The van der Waals surface area contributed by atoms with E-state index in [1.165, 1.54) is 0 Å². The van der Waals surface area contributed by atoms with Gasteiger partial charge in [-0.05, 0) is 38.0 Å². The average Bonchev–Trinajstić information content (AvgIpc) is 2.33. The van der Waals surface area contributed by atoms with Gasteiger partial charge in [0.1, 0.15) is 5.75 Å². The van der Waals surface area contributed by atoms with E-state index in [1.54, 1.807) is 17.0 Å². The van der Waals surface area contributed by atoms with Crippen molar-refractivity contribution in [2.24, 2.45) is 0 Å². The van der Waals surface area contributed by atoms with E-state index in [2.05, 4.69) is 0 Å². The van der Waals surface area contributed by atoms with Crippen LogP contribution in [0.3, 0.4) is 0 Å². The van der Waals surface area contributed by atoms with Crippen LogP contribution in [0.2, 0.25) is 0 Å². The maximum absolute atomic E-state index is 11.7. The number of carbonyl (C=O) groups is 1. The molecule has 0 aromatic heterocycles. The molecule has 4 nitrogen and oxygen atoms in total. The van der Waals surface area contributed by atoms with Gasteiger partial charge in [-0.2, -0.15) is 0 Å². The topological polar surface area (TPSA) is 49.8 Å². The van der Waals surface area contributed by atoms with E-state index in [1.807, 2.05) is 26.8 Å². The van der Waals surface area contributed by atoms with E-state index >= 15 is 0 Å². The molecule has 1 amide bonds. The van der Waals surface area contributed by atoms with Crippen LogP contribution < -0.4 is 4.74 Å². The van der Waals surface area contributed by atoms with Crippen molar-refractivity contribution in [2.75, 3.05) is 13.1 Å². The number of hydrogen-bond donors (Lipinski definition) is 1. The number of aliphatic hydroxyl groups is 1. The zero-order chi connectivity index (χ0) is 12.8. The van der Waals surface area contributed by atoms with Crippen molar-refractivity contribution in [2.45, 2.75) is 27.4 Å². The Morgan fingerprint density at radius 3 is 2.47 bits per heavy atom. The standard InChI is InChI=1S/C13H19NO3/c1-4-14(5-2)13(16)17-12-7-6-11(9-15)8-10(12)3/h6-8,15H,4-5,9H2,1-3H3. The highest BCUT2D eigenvalue weighted by molar-refractivity contribution is 5.71. The Morgan fingerprint density at radius 2 is 2.00 bits per heavy atom. The van der Waals surface area contributed by atoms with E-state index in [-0.39, 0.29) is 12.7 Å². The van der Waals surface area contributed by atoms with Gasteiger partial charge in [-0.15, -0.1) is 0 Å². The number of amides is 1. The number of nitrogens with zero attached hydrogens (tertiary/aromatic N) is 1. The lowest BCUT2D eigenvalue weighted by Gasteiger charge is -2.18. The molecule has 0 aliphatic rings. The highest BCUT2D eigenvalue weighted by atomic mass is 16.6. The summed E-state index contributed by atoms with van der Waals surface area (Å²) < 4.78 is 5.29. The maximum atomic E-state index is 11.7. The lowest BCUT2D eigenvalue weighted by molar-refractivity contribution is 0.157. The molecule has 0 bridgehead atoms. The van der Waals surface area contributed by atoms with Gasteiger partial charge in [0.05, 0.1) is 6.61 Å². The quantitative estimate of drug-likeness (QED) is 0.874. The molecule has 94 valence electrons. The van der Waals surface area contributed by atoms with Gasteiger partial charge < -0.3 is 14.7 Å². The van der Waals surface area contributed by atoms with Crippen LogP contribution in [0.15, 0.2) is 18.2 Å². The summed E-state index contributed by atoms with van der Waals surface area (Å²) in [6.07, 6.45) is -0.338. The highest BCUT2D eigenvalue weighted by Gasteiger charge is 2.13. The zero-order valence-electron chi connectivity index (χ0n) is 10.6. The van der Waals surface area contributed by atoms with Crippen molar-refractivity contribution >= 4 is 6.09 Å². The van der Waals surface area contributed by atoms with Gasteiger partial charge in [0.15, 0.2) is 0 Å². The molecule has 1 N–H and O–H groups in total. The number of aryl methyl sites for hydroxylation is 1. The second-order valence-corrected chi connectivity index (χ2v) is 3.80. The summed E-state index contributed by atoms with van der Waals surface area (Å²) >= 11 is 0. The summed E-state index contributed by atoms with van der Waals surface area (Å²) in [6, 6.07) is 5.27. The Kier molecular flexibility index (Phi) is 4.97. The predicted molar refractivity (Wildman–Crippen MR) is 66.0 cm³/mol. The van der Waals surface area contributed by atoms with Crippen molar-refractivity contribution in [3.8, 4) is 5.75 Å². The first-order chi connectivity index (χ1) is 8.12. The van der Waals surface area contributed by atoms with Gasteiger partial charge in [-0.1, -0.05) is 12.1 Å². The van der Waals surface area contributed by atoms with Crippen LogP contribution in [0.1, 0.15) is 25.0 Å². The minimum Gasteiger partial charge on any atom is -0.410 e. The number of benzene rings is 1. The van der Waals surface area contributed by atoms with Crippen molar-refractivity contribution in [1.82, 2.24) is 4.90 Å². The Bertz CT molecular complexity index is 386. The second-order valence-electron chi connectivity index (χ2n) is 3.80. The van der Waals surface area contributed by atoms with Crippen LogP contribution in [0.4, 0.5) is 4.79 Å². The van der Waals surface area contributed by atoms with Crippen molar-refractivity contribution in [3.63, 3.8) is 0 Å². The number of aliphatic hydroxyl groups excluding tert-OH is 1. The van der Waals surface area contributed by atoms with Gasteiger partial charge in [-0.25, -0.2) is 4.79 Å². The molecule has 1 rings (SSSR count). The summed E-state index contributed by atoms with van der Waals surface area (Å²) in [4.78, 5) is 13.3. The van der Waals surface area contributed by atoms with Crippen LogP contribution in [-0.2, 0) is 6.61 Å². The first-order valence-electron chi connectivity index (χ1n) is 5.79. The summed E-state index contributed by atoms with van der Waals surface area (Å²) in [5.41, 5.74) is 1.65. The lowest BCUT2D eigenvalue weighted by Crippen LogP contribution is -2.33. The Balaban J connectivity index is 2.78. The van der Waals surface area contributed by atoms with Crippen LogP contribution in [0, 0.1) is 6.92 Å². The fraction of sp³-hybridized carbons (Fsp3) is 0.462. The van der Waals surface area contributed by atoms with E-state index in [0.29, 0.717) is 18.8 Å². The highest BCUT2D eigenvalue weighted by Crippen LogP contribution is 2.20. The van der Waals surface area contributed by atoms with Crippen molar-refractivity contribution in [3.05, 3.63) is 29.3 Å². The number of carbonyl (C=O) groups excluding carboxylic acids is 1. The molecule has 1 aromatic rings. The normalized spacial score (nSPS) is 10.1. The Hall–Kier alpha value is -1.55. The molecule has 0 saturated heterocycles. The molecule has 0 atom stereocenters. The van der Waals surface area contributed by atoms with E-state index in [0.717, 1.165) is 11.1 Å². The summed E-state index contributed by atoms with van der Waals surface area (Å²) in [5.74, 6) is 0.541. The second kappa shape index (κ2) is 6.25. The Morgan fingerprint density at radius 1 is 1.35 bits per heavy atom.